The number of rotatable bonds is 35. The fourth-order valence-electron chi connectivity index (χ4n) is 5.82. The van der Waals surface area contributed by atoms with Gasteiger partial charge in [0.25, 0.3) is 0 Å². The molecule has 0 spiro atoms. The van der Waals surface area contributed by atoms with E-state index in [1.165, 1.54) is 141 Å². The van der Waals surface area contributed by atoms with E-state index in [1.807, 2.05) is 0 Å². The largest absolute Gasteiger partial charge is 0.462 e. The fourth-order valence-corrected chi connectivity index (χ4v) is 5.82. The van der Waals surface area contributed by atoms with Gasteiger partial charge in [-0.25, -0.2) is 0 Å². The molecule has 0 heterocycles. The molecule has 0 aliphatic heterocycles. The molecule has 0 aliphatic carbocycles. The first kappa shape index (κ1) is 42.9. The Hall–Kier alpha value is -1.10. The van der Waals surface area contributed by atoms with Crippen molar-refractivity contribution in [1.29, 1.82) is 0 Å². The minimum absolute atomic E-state index is 0.0587. The summed E-state index contributed by atoms with van der Waals surface area (Å²) in [5, 5.41) is 9.54. The zero-order valence-corrected chi connectivity index (χ0v) is 29.9. The highest BCUT2D eigenvalue weighted by molar-refractivity contribution is 5.70. The Morgan fingerprint density at radius 1 is 0.523 bits per heavy atom. The van der Waals surface area contributed by atoms with Crippen molar-refractivity contribution in [2.45, 2.75) is 219 Å². The maximum atomic E-state index is 12.2. The van der Waals surface area contributed by atoms with E-state index < -0.39 is 6.10 Å². The molecule has 1 N–H and O–H groups in total. The Morgan fingerprint density at radius 2 is 0.886 bits per heavy atom. The Bertz CT molecular complexity index is 607. The molecule has 0 aromatic heterocycles. The third-order valence-electron chi connectivity index (χ3n) is 9.19. The van der Waals surface area contributed by atoms with Crippen LogP contribution in [0.1, 0.15) is 213 Å². The van der Waals surface area contributed by atoms with Crippen molar-refractivity contribution >= 4 is 11.9 Å². The Morgan fingerprint density at radius 3 is 1.27 bits per heavy atom. The minimum atomic E-state index is -0.762. The van der Waals surface area contributed by atoms with Crippen LogP contribution in [0.4, 0.5) is 0 Å². The van der Waals surface area contributed by atoms with Crippen LogP contribution in [-0.2, 0) is 19.1 Å². The minimum Gasteiger partial charge on any atom is -0.462 e. The molecule has 1 unspecified atom stereocenters. The van der Waals surface area contributed by atoms with Gasteiger partial charge in [-0.1, -0.05) is 188 Å². The molecule has 0 aromatic carbocycles. The zero-order chi connectivity index (χ0) is 32.4. The van der Waals surface area contributed by atoms with Gasteiger partial charge in [-0.15, -0.1) is 0 Å². The third-order valence-corrected chi connectivity index (χ3v) is 9.19. The fraction of sp³-hybridized carbons (Fsp3) is 0.949. The molecular weight excluding hydrogens is 548 g/mol. The van der Waals surface area contributed by atoms with E-state index in [1.54, 1.807) is 0 Å². The van der Waals surface area contributed by atoms with Crippen molar-refractivity contribution in [2.24, 2.45) is 5.92 Å². The van der Waals surface area contributed by atoms with Gasteiger partial charge >= 0.3 is 11.9 Å². The van der Waals surface area contributed by atoms with Crippen molar-refractivity contribution in [3.63, 3.8) is 0 Å². The molecule has 5 heteroatoms. The lowest BCUT2D eigenvalue weighted by atomic mass is 9.99. The maximum Gasteiger partial charge on any atom is 0.306 e. The molecule has 5 nitrogen and oxygen atoms in total. The van der Waals surface area contributed by atoms with Crippen LogP contribution < -0.4 is 0 Å². The van der Waals surface area contributed by atoms with E-state index in [9.17, 15) is 14.7 Å². The van der Waals surface area contributed by atoms with Crippen LogP contribution in [0.3, 0.4) is 0 Å². The van der Waals surface area contributed by atoms with Gasteiger partial charge in [0.2, 0.25) is 0 Å². The summed E-state index contributed by atoms with van der Waals surface area (Å²) in [6, 6.07) is 0. The molecule has 2 atom stereocenters. The lowest BCUT2D eigenvalue weighted by Gasteiger charge is -2.15. The monoisotopic (exact) mass is 625 g/mol. The van der Waals surface area contributed by atoms with Gasteiger partial charge in [0.15, 0.2) is 6.10 Å². The van der Waals surface area contributed by atoms with Gasteiger partial charge in [-0.3, -0.25) is 9.59 Å². The maximum absolute atomic E-state index is 12.2. The molecule has 0 aromatic rings. The second kappa shape index (κ2) is 34.8. The molecule has 0 bridgehead atoms. The van der Waals surface area contributed by atoms with Gasteiger partial charge < -0.3 is 14.6 Å². The Labute approximate surface area is 274 Å². The molecule has 262 valence electrons. The predicted octanol–water partition coefficient (Wildman–Crippen LogP) is 11.8. The quantitative estimate of drug-likeness (QED) is 0.0561. The molecule has 0 radical (unpaired) electrons. The summed E-state index contributed by atoms with van der Waals surface area (Å²) in [4.78, 5) is 24.2. The summed E-state index contributed by atoms with van der Waals surface area (Å²) in [7, 11) is 0. The number of hydrogen-bond acceptors (Lipinski definition) is 5. The average molecular weight is 625 g/mol. The second-order valence-electron chi connectivity index (χ2n) is 13.6. The highest BCUT2D eigenvalue weighted by Crippen LogP contribution is 2.16. The number of carbonyl (C=O) groups is 2. The Balaban J connectivity index is 3.50. The molecule has 0 aliphatic rings. The number of esters is 2. The summed E-state index contributed by atoms with van der Waals surface area (Å²) < 4.78 is 10.6. The van der Waals surface area contributed by atoms with E-state index >= 15 is 0 Å². The normalized spacial score (nSPS) is 12.7. The van der Waals surface area contributed by atoms with Crippen LogP contribution in [0.15, 0.2) is 0 Å². The SMILES string of the molecule is CCCCCCCCCCCCCCCCCCCCC(=O)O[C@@H](CO)COC(=O)CCCCCCCCCCC(C)CC. The number of aliphatic hydroxyl groups is 1. The van der Waals surface area contributed by atoms with Gasteiger partial charge in [-0.2, -0.15) is 0 Å². The van der Waals surface area contributed by atoms with Gasteiger partial charge in [0.1, 0.15) is 6.61 Å². The van der Waals surface area contributed by atoms with Crippen LogP contribution in [0, 0.1) is 5.92 Å². The second-order valence-corrected chi connectivity index (χ2v) is 13.6. The van der Waals surface area contributed by atoms with Crippen molar-refractivity contribution < 1.29 is 24.2 Å². The first-order valence-electron chi connectivity index (χ1n) is 19.5. The molecule has 0 rings (SSSR count). The van der Waals surface area contributed by atoms with E-state index in [2.05, 4.69) is 20.8 Å². The van der Waals surface area contributed by atoms with E-state index in [-0.39, 0.29) is 25.2 Å². The predicted molar refractivity (Wildman–Crippen MR) is 187 cm³/mol. The third kappa shape index (κ3) is 32.3. The summed E-state index contributed by atoms with van der Waals surface area (Å²) in [6.07, 6.45) is 35.9. The van der Waals surface area contributed by atoms with Crippen LogP contribution in [-0.4, -0.2) is 36.4 Å². The first-order chi connectivity index (χ1) is 21.5. The van der Waals surface area contributed by atoms with Crippen LogP contribution >= 0.6 is 0 Å². The molecular formula is C39H76O5. The van der Waals surface area contributed by atoms with E-state index in [4.69, 9.17) is 9.47 Å². The highest BCUT2D eigenvalue weighted by atomic mass is 16.6. The van der Waals surface area contributed by atoms with Gasteiger partial charge in [0, 0.05) is 12.8 Å². The zero-order valence-electron chi connectivity index (χ0n) is 29.9. The number of hydrogen-bond donors (Lipinski definition) is 1. The highest BCUT2D eigenvalue weighted by Gasteiger charge is 2.16. The number of carbonyl (C=O) groups excluding carboxylic acids is 2. The smallest absolute Gasteiger partial charge is 0.306 e. The first-order valence-corrected chi connectivity index (χ1v) is 19.5. The van der Waals surface area contributed by atoms with Crippen molar-refractivity contribution in [1.82, 2.24) is 0 Å². The lowest BCUT2D eigenvalue weighted by molar-refractivity contribution is -0.161. The van der Waals surface area contributed by atoms with Crippen LogP contribution in [0.2, 0.25) is 0 Å². The molecule has 0 saturated carbocycles. The van der Waals surface area contributed by atoms with Crippen LogP contribution in [0.25, 0.3) is 0 Å². The molecule has 0 saturated heterocycles. The van der Waals surface area contributed by atoms with Crippen molar-refractivity contribution in [2.75, 3.05) is 13.2 Å². The Kier molecular flexibility index (Phi) is 33.9. The van der Waals surface area contributed by atoms with Crippen molar-refractivity contribution in [3.05, 3.63) is 0 Å². The number of aliphatic hydroxyl groups excluding tert-OH is 1. The molecule has 44 heavy (non-hydrogen) atoms. The van der Waals surface area contributed by atoms with Gasteiger partial charge in [-0.05, 0) is 18.8 Å². The van der Waals surface area contributed by atoms with Gasteiger partial charge in [0.05, 0.1) is 6.61 Å². The molecule has 0 fully saturated rings. The standard InChI is InChI=1S/C39H76O5/c1-4-6-7-8-9-10-11-12-13-14-15-16-17-18-19-24-27-30-33-39(42)44-37(34-40)35-43-38(41)32-29-26-23-21-20-22-25-28-31-36(3)5-2/h36-37,40H,4-35H2,1-3H3/t36?,37-/m0/s1. The lowest BCUT2D eigenvalue weighted by Crippen LogP contribution is -2.28. The molecule has 0 amide bonds. The number of ether oxygens (including phenoxy) is 2. The van der Waals surface area contributed by atoms with Crippen molar-refractivity contribution in [3.8, 4) is 0 Å². The average Bonchev–Trinajstić information content (AvgIpc) is 3.03. The number of unbranched alkanes of at least 4 members (excludes halogenated alkanes) is 24. The summed E-state index contributed by atoms with van der Waals surface area (Å²) in [6.45, 7) is 6.50. The topological polar surface area (TPSA) is 72.8 Å². The van der Waals surface area contributed by atoms with Crippen LogP contribution in [0.5, 0.6) is 0 Å². The summed E-state index contributed by atoms with van der Waals surface area (Å²) >= 11 is 0. The summed E-state index contributed by atoms with van der Waals surface area (Å²) in [5.74, 6) is 0.280. The van der Waals surface area contributed by atoms with E-state index in [0.717, 1.165) is 44.4 Å². The van der Waals surface area contributed by atoms with E-state index in [0.29, 0.717) is 12.8 Å². The summed E-state index contributed by atoms with van der Waals surface area (Å²) in [5.41, 5.74) is 0.